The molecule has 1 unspecified atom stereocenters. The van der Waals surface area contributed by atoms with Gasteiger partial charge in [-0.15, -0.1) is 23.4 Å². The Hall–Kier alpha value is -3.73. The van der Waals surface area contributed by atoms with Gasteiger partial charge in [-0.3, -0.25) is 9.59 Å². The second-order valence-corrected chi connectivity index (χ2v) is 9.02. The van der Waals surface area contributed by atoms with E-state index in [1.54, 1.807) is 31.2 Å². The molecule has 11 heteroatoms. The Morgan fingerprint density at radius 1 is 1.06 bits per heavy atom. The van der Waals surface area contributed by atoms with Crippen molar-refractivity contribution in [1.29, 1.82) is 0 Å². The van der Waals surface area contributed by atoms with Crippen LogP contribution in [-0.4, -0.2) is 33.7 Å². The van der Waals surface area contributed by atoms with Crippen molar-refractivity contribution in [2.24, 2.45) is 0 Å². The summed E-state index contributed by atoms with van der Waals surface area (Å²) in [6.07, 6.45) is -4.81. The van der Waals surface area contributed by atoms with Gasteiger partial charge in [0.15, 0.2) is 6.29 Å². The number of nitrogens with one attached hydrogen (secondary N) is 1. The van der Waals surface area contributed by atoms with Crippen LogP contribution in [0, 0.1) is 6.92 Å². The summed E-state index contributed by atoms with van der Waals surface area (Å²) in [6, 6.07) is 10.4. The monoisotopic (exact) mass is 505 g/mol. The van der Waals surface area contributed by atoms with Crippen molar-refractivity contribution < 1.29 is 32.6 Å². The van der Waals surface area contributed by atoms with Crippen molar-refractivity contribution in [2.75, 3.05) is 5.32 Å². The zero-order valence-corrected chi connectivity index (χ0v) is 19.8. The fraction of sp³-hybridized carbons (Fsp3) is 0.250. The molecule has 1 atom stereocenters. The molecule has 0 aliphatic rings. The Labute approximate surface area is 203 Å². The zero-order valence-electron chi connectivity index (χ0n) is 19.0. The SMILES string of the molecule is Cc1nnc(NC(C(C(=O)C=O)=C(O)c2ccc(C(C)C)cc2)c2ccc(OC(F)(F)F)cc2)s1. The fourth-order valence-corrected chi connectivity index (χ4v) is 3.92. The number of carbonyl (C=O) groups is 2. The number of aliphatic hydroxyl groups is 1. The minimum atomic E-state index is -4.87. The fourth-order valence-electron chi connectivity index (χ4n) is 3.30. The molecule has 1 aromatic heterocycles. The molecule has 0 amide bonds. The lowest BCUT2D eigenvalue weighted by molar-refractivity contribution is -0.274. The Morgan fingerprint density at radius 3 is 2.14 bits per heavy atom. The van der Waals surface area contributed by atoms with Crippen molar-refractivity contribution in [3.05, 3.63) is 75.8 Å². The number of carbonyl (C=O) groups excluding carboxylic acids is 2. The van der Waals surface area contributed by atoms with Crippen LogP contribution in [0.25, 0.3) is 5.76 Å². The lowest BCUT2D eigenvalue weighted by Crippen LogP contribution is -2.22. The number of aryl methyl sites for hydroxylation is 1. The van der Waals surface area contributed by atoms with Crippen LogP contribution in [0.1, 0.15) is 47.5 Å². The van der Waals surface area contributed by atoms with Crippen LogP contribution >= 0.6 is 11.3 Å². The number of rotatable bonds is 9. The van der Waals surface area contributed by atoms with Crippen LogP contribution in [0.15, 0.2) is 54.1 Å². The summed E-state index contributed by atoms with van der Waals surface area (Å²) in [5.41, 5.74) is 1.28. The van der Waals surface area contributed by atoms with Gasteiger partial charge in [-0.1, -0.05) is 61.6 Å². The maximum atomic E-state index is 12.7. The molecule has 2 aromatic carbocycles. The Bertz CT molecular complexity index is 1220. The normalized spacial score (nSPS) is 13.2. The van der Waals surface area contributed by atoms with Crippen LogP contribution in [0.4, 0.5) is 18.3 Å². The number of benzene rings is 2. The molecule has 3 rings (SSSR count). The summed E-state index contributed by atoms with van der Waals surface area (Å²) >= 11 is 1.16. The van der Waals surface area contributed by atoms with Crippen LogP contribution in [-0.2, 0) is 9.59 Å². The zero-order chi connectivity index (χ0) is 25.8. The van der Waals surface area contributed by atoms with Gasteiger partial charge in [-0.2, -0.15) is 0 Å². The molecule has 0 spiro atoms. The van der Waals surface area contributed by atoms with Crippen LogP contribution in [0.3, 0.4) is 0 Å². The maximum Gasteiger partial charge on any atom is 0.573 e. The first-order valence-electron chi connectivity index (χ1n) is 10.4. The lowest BCUT2D eigenvalue weighted by Gasteiger charge is -2.22. The highest BCUT2D eigenvalue weighted by atomic mass is 32.1. The second kappa shape index (κ2) is 10.7. The van der Waals surface area contributed by atoms with Gasteiger partial charge in [0.1, 0.15) is 16.5 Å². The molecule has 7 nitrogen and oxygen atoms in total. The Balaban J connectivity index is 2.12. The highest BCUT2D eigenvalue weighted by Crippen LogP contribution is 2.34. The van der Waals surface area contributed by atoms with E-state index in [0.717, 1.165) is 29.0 Å². The third-order valence-corrected chi connectivity index (χ3v) is 5.78. The molecule has 1 heterocycles. The highest BCUT2D eigenvalue weighted by Gasteiger charge is 2.32. The third-order valence-electron chi connectivity index (χ3n) is 5.01. The Kier molecular flexibility index (Phi) is 7.90. The van der Waals surface area contributed by atoms with Crippen molar-refractivity contribution in [3.8, 4) is 5.75 Å². The number of halogens is 3. The van der Waals surface area contributed by atoms with E-state index in [4.69, 9.17) is 0 Å². The van der Waals surface area contributed by atoms with Gasteiger partial charge in [-0.05, 0) is 36.1 Å². The van der Waals surface area contributed by atoms with Gasteiger partial charge in [0.05, 0.1) is 11.6 Å². The topological polar surface area (TPSA) is 101 Å². The van der Waals surface area contributed by atoms with Gasteiger partial charge in [0.25, 0.3) is 0 Å². The van der Waals surface area contributed by atoms with Crippen molar-refractivity contribution in [2.45, 2.75) is 39.1 Å². The van der Waals surface area contributed by atoms with Crippen molar-refractivity contribution in [1.82, 2.24) is 10.2 Å². The summed E-state index contributed by atoms with van der Waals surface area (Å²) in [7, 11) is 0. The molecule has 0 saturated carbocycles. The first-order chi connectivity index (χ1) is 16.5. The second-order valence-electron chi connectivity index (χ2n) is 7.84. The minimum absolute atomic E-state index is 0.0647. The van der Waals surface area contributed by atoms with E-state index in [9.17, 15) is 27.9 Å². The van der Waals surface area contributed by atoms with Crippen LogP contribution in [0.5, 0.6) is 5.75 Å². The standard InChI is InChI=1S/C24H22F3N3O4S/c1-13(2)15-4-6-17(7-5-15)22(33)20(19(32)12-31)21(28-23-30-29-14(3)35-23)16-8-10-18(11-9-16)34-24(25,26)27/h4-13,21,33H,1-3H3,(H,28,30). The number of aromatic nitrogens is 2. The first kappa shape index (κ1) is 25.9. The Morgan fingerprint density at radius 2 is 1.66 bits per heavy atom. The van der Waals surface area contributed by atoms with Crippen molar-refractivity contribution in [3.63, 3.8) is 0 Å². The van der Waals surface area contributed by atoms with Crippen LogP contribution in [0.2, 0.25) is 0 Å². The summed E-state index contributed by atoms with van der Waals surface area (Å²) in [5.74, 6) is -1.69. The van der Waals surface area contributed by atoms with Crippen LogP contribution < -0.4 is 10.1 Å². The van der Waals surface area contributed by atoms with E-state index in [1.807, 2.05) is 13.8 Å². The number of ether oxygens (including phenoxy) is 1. The average molecular weight is 506 g/mol. The summed E-state index contributed by atoms with van der Waals surface area (Å²) in [4.78, 5) is 24.3. The largest absolute Gasteiger partial charge is 0.573 e. The molecule has 2 N–H and O–H groups in total. The molecule has 0 aliphatic heterocycles. The van der Waals surface area contributed by atoms with E-state index < -0.39 is 29.7 Å². The summed E-state index contributed by atoms with van der Waals surface area (Å²) < 4.78 is 41.6. The first-order valence-corrected chi connectivity index (χ1v) is 11.3. The number of hydrogen-bond donors (Lipinski definition) is 2. The lowest BCUT2D eigenvalue weighted by atomic mass is 9.92. The quantitative estimate of drug-likeness (QED) is 0.165. The smallest absolute Gasteiger partial charge is 0.507 e. The molecule has 184 valence electrons. The average Bonchev–Trinajstić information content (AvgIpc) is 3.22. The predicted molar refractivity (Wildman–Crippen MR) is 125 cm³/mol. The number of aliphatic hydroxyl groups excluding tert-OH is 1. The van der Waals surface area contributed by atoms with Gasteiger partial charge in [0.2, 0.25) is 10.9 Å². The molecule has 35 heavy (non-hydrogen) atoms. The maximum absolute atomic E-state index is 12.7. The molecular weight excluding hydrogens is 483 g/mol. The summed E-state index contributed by atoms with van der Waals surface area (Å²) in [6.45, 7) is 5.71. The molecule has 0 aliphatic carbocycles. The molecular formula is C24H22F3N3O4S. The van der Waals surface area contributed by atoms with Gasteiger partial charge in [-0.25, -0.2) is 0 Å². The molecule has 0 radical (unpaired) electrons. The van der Waals surface area contributed by atoms with E-state index in [0.29, 0.717) is 5.01 Å². The highest BCUT2D eigenvalue weighted by molar-refractivity contribution is 7.15. The van der Waals surface area contributed by atoms with E-state index in [2.05, 4.69) is 20.3 Å². The number of Topliss-reactive ketones (excluding diaryl/α,β-unsaturated/α-hetero) is 1. The number of aldehydes is 1. The number of anilines is 1. The van der Waals surface area contributed by atoms with E-state index >= 15 is 0 Å². The number of nitrogens with zero attached hydrogens (tertiary/aromatic N) is 2. The number of ketones is 1. The number of alkyl halides is 3. The molecule has 0 saturated heterocycles. The summed E-state index contributed by atoms with van der Waals surface area (Å²) in [5, 5.41) is 22.8. The minimum Gasteiger partial charge on any atom is -0.507 e. The molecule has 0 bridgehead atoms. The van der Waals surface area contributed by atoms with Gasteiger partial charge in [0, 0.05) is 5.56 Å². The molecule has 3 aromatic rings. The van der Waals surface area contributed by atoms with E-state index in [-0.39, 0.29) is 34.0 Å². The molecule has 0 fully saturated rings. The predicted octanol–water partition coefficient (Wildman–Crippen LogP) is 5.76. The van der Waals surface area contributed by atoms with Crippen molar-refractivity contribution >= 4 is 34.3 Å². The van der Waals surface area contributed by atoms with Gasteiger partial charge >= 0.3 is 6.36 Å². The third kappa shape index (κ3) is 6.66. The van der Waals surface area contributed by atoms with Gasteiger partial charge < -0.3 is 15.2 Å². The van der Waals surface area contributed by atoms with E-state index in [1.165, 1.54) is 12.1 Å². The number of hydrogen-bond acceptors (Lipinski definition) is 8.